The monoisotopic (exact) mass is 523 g/mol. The zero-order valence-corrected chi connectivity index (χ0v) is 20.5. The second-order valence-corrected chi connectivity index (χ2v) is 8.98. The van der Waals surface area contributed by atoms with Gasteiger partial charge in [-0.2, -0.15) is 0 Å². The number of nitro benzene ring substituents is 2. The number of hydrogen-bond acceptors (Lipinski definition) is 10. The van der Waals surface area contributed by atoms with Gasteiger partial charge in [-0.1, -0.05) is 36.0 Å². The van der Waals surface area contributed by atoms with Gasteiger partial charge in [0.2, 0.25) is 0 Å². The Bertz CT molecular complexity index is 1470. The van der Waals surface area contributed by atoms with Gasteiger partial charge in [0.25, 0.3) is 16.9 Å². The molecule has 12 nitrogen and oxygen atoms in total. The molecule has 0 radical (unpaired) electrons. The van der Waals surface area contributed by atoms with Crippen molar-refractivity contribution in [2.45, 2.75) is 30.7 Å². The zero-order chi connectivity index (χ0) is 26.7. The maximum atomic E-state index is 13.3. The third-order valence-corrected chi connectivity index (χ3v) is 6.62. The number of aromatic amines is 1. The molecule has 2 N–H and O–H groups in total. The number of ether oxygens (including phenoxy) is 1. The van der Waals surface area contributed by atoms with E-state index in [-0.39, 0.29) is 34.9 Å². The standard InChI is InChI=1S/C24H21N5O7S/c1-3-36-23(31)18-13(2)25-21-20(19(18)15-6-10-17(11-7-15)29(34)35)22(30)27-24(26-21)37-12-14-4-8-16(9-5-14)28(32)33/h4-11,19H,3,12H2,1-2H3,(H2,25,26,27,30). The van der Waals surface area contributed by atoms with E-state index in [4.69, 9.17) is 4.74 Å². The molecule has 1 aromatic heterocycles. The first-order chi connectivity index (χ1) is 17.7. The van der Waals surface area contributed by atoms with Crippen LogP contribution in [0.1, 0.15) is 36.5 Å². The van der Waals surface area contributed by atoms with Crippen LogP contribution in [0.25, 0.3) is 0 Å². The molecule has 2 aromatic carbocycles. The molecule has 0 saturated heterocycles. The predicted molar refractivity (Wildman–Crippen MR) is 135 cm³/mol. The Morgan fingerprint density at radius 1 is 1.05 bits per heavy atom. The molecule has 0 saturated carbocycles. The molecule has 0 bridgehead atoms. The van der Waals surface area contributed by atoms with Gasteiger partial charge in [0.05, 0.1) is 33.5 Å². The summed E-state index contributed by atoms with van der Waals surface area (Å²) in [6, 6.07) is 11.7. The number of non-ortho nitro benzene ring substituents is 2. The number of carbonyl (C=O) groups is 1. The zero-order valence-electron chi connectivity index (χ0n) is 19.7. The van der Waals surface area contributed by atoms with E-state index in [9.17, 15) is 29.8 Å². The van der Waals surface area contributed by atoms with Crippen LogP contribution in [0.15, 0.2) is 69.8 Å². The first-order valence-electron chi connectivity index (χ1n) is 11.1. The lowest BCUT2D eigenvalue weighted by molar-refractivity contribution is -0.385. The molecule has 4 rings (SSSR count). The van der Waals surface area contributed by atoms with Crippen LogP contribution in [0.3, 0.4) is 0 Å². The number of fused-ring (bicyclic) bond motifs is 1. The Labute approximate surface area is 214 Å². The molecule has 190 valence electrons. The fraction of sp³-hybridized carbons (Fsp3) is 0.208. The van der Waals surface area contributed by atoms with Crippen molar-refractivity contribution < 1.29 is 19.4 Å². The van der Waals surface area contributed by atoms with Gasteiger partial charge in [0, 0.05) is 35.7 Å². The highest BCUT2D eigenvalue weighted by Gasteiger charge is 2.36. The second-order valence-electron chi connectivity index (χ2n) is 8.01. The van der Waals surface area contributed by atoms with E-state index in [0.29, 0.717) is 22.2 Å². The molecule has 1 unspecified atom stereocenters. The van der Waals surface area contributed by atoms with Crippen molar-refractivity contribution in [2.75, 3.05) is 11.9 Å². The Balaban J connectivity index is 1.71. The third kappa shape index (κ3) is 5.35. The molecule has 13 heteroatoms. The van der Waals surface area contributed by atoms with Crippen LogP contribution in [0.2, 0.25) is 0 Å². The third-order valence-electron chi connectivity index (χ3n) is 5.68. The Hall–Kier alpha value is -4.52. The topological polar surface area (TPSA) is 170 Å². The first kappa shape index (κ1) is 25.6. The van der Waals surface area contributed by atoms with Crippen molar-refractivity contribution in [3.05, 3.63) is 107 Å². The first-order valence-corrected chi connectivity index (χ1v) is 12.1. The fourth-order valence-electron chi connectivity index (χ4n) is 3.97. The number of benzene rings is 2. The quantitative estimate of drug-likeness (QED) is 0.143. The van der Waals surface area contributed by atoms with Gasteiger partial charge in [0.15, 0.2) is 5.16 Å². The van der Waals surface area contributed by atoms with Crippen LogP contribution in [-0.4, -0.2) is 32.4 Å². The van der Waals surface area contributed by atoms with Crippen molar-refractivity contribution in [1.29, 1.82) is 0 Å². The van der Waals surface area contributed by atoms with Crippen molar-refractivity contribution in [3.63, 3.8) is 0 Å². The summed E-state index contributed by atoms with van der Waals surface area (Å²) < 4.78 is 5.23. The van der Waals surface area contributed by atoms with Gasteiger partial charge >= 0.3 is 5.97 Å². The molecule has 2 heterocycles. The predicted octanol–water partition coefficient (Wildman–Crippen LogP) is 4.27. The van der Waals surface area contributed by atoms with E-state index in [1.54, 1.807) is 26.0 Å². The molecule has 1 aliphatic rings. The van der Waals surface area contributed by atoms with E-state index < -0.39 is 27.3 Å². The minimum absolute atomic E-state index is 0.0183. The van der Waals surface area contributed by atoms with E-state index in [1.165, 1.54) is 48.2 Å². The maximum absolute atomic E-state index is 13.3. The molecule has 3 aromatic rings. The van der Waals surface area contributed by atoms with Gasteiger partial charge in [0.1, 0.15) is 5.82 Å². The van der Waals surface area contributed by atoms with Crippen LogP contribution in [-0.2, 0) is 15.3 Å². The van der Waals surface area contributed by atoms with Crippen LogP contribution < -0.4 is 10.9 Å². The smallest absolute Gasteiger partial charge is 0.336 e. The van der Waals surface area contributed by atoms with Crippen molar-refractivity contribution in [3.8, 4) is 0 Å². The summed E-state index contributed by atoms with van der Waals surface area (Å²) in [5.74, 6) is -0.823. The summed E-state index contributed by atoms with van der Waals surface area (Å²) in [5, 5.41) is 25.3. The number of hydrogen-bond donors (Lipinski definition) is 2. The van der Waals surface area contributed by atoms with E-state index in [0.717, 1.165) is 5.56 Å². The minimum atomic E-state index is -0.860. The van der Waals surface area contributed by atoms with Crippen LogP contribution >= 0.6 is 11.8 Å². The number of anilines is 1. The van der Waals surface area contributed by atoms with Gasteiger partial charge in [-0.25, -0.2) is 9.78 Å². The van der Waals surface area contributed by atoms with Crippen LogP contribution in [0.4, 0.5) is 17.2 Å². The number of thioether (sulfide) groups is 1. The number of nitro groups is 2. The molecular weight excluding hydrogens is 502 g/mol. The fourth-order valence-corrected chi connectivity index (χ4v) is 4.78. The summed E-state index contributed by atoms with van der Waals surface area (Å²) >= 11 is 1.23. The number of nitrogens with one attached hydrogen (secondary N) is 2. The van der Waals surface area contributed by atoms with Crippen LogP contribution in [0.5, 0.6) is 0 Å². The van der Waals surface area contributed by atoms with Gasteiger partial charge in [-0.15, -0.1) is 0 Å². The lowest BCUT2D eigenvalue weighted by Gasteiger charge is -2.28. The molecule has 1 atom stereocenters. The highest BCUT2D eigenvalue weighted by molar-refractivity contribution is 7.98. The van der Waals surface area contributed by atoms with Crippen molar-refractivity contribution in [2.24, 2.45) is 0 Å². The maximum Gasteiger partial charge on any atom is 0.336 e. The molecule has 0 fully saturated rings. The number of esters is 1. The number of H-pyrrole nitrogens is 1. The summed E-state index contributed by atoms with van der Waals surface area (Å²) in [5.41, 5.74) is 1.50. The van der Waals surface area contributed by atoms with Crippen molar-refractivity contribution in [1.82, 2.24) is 9.97 Å². The molecule has 37 heavy (non-hydrogen) atoms. The highest BCUT2D eigenvalue weighted by Crippen LogP contribution is 2.40. The lowest BCUT2D eigenvalue weighted by Crippen LogP contribution is -2.31. The summed E-state index contributed by atoms with van der Waals surface area (Å²) in [6.45, 7) is 3.46. The second kappa shape index (κ2) is 10.6. The molecular formula is C24H21N5O7S. The minimum Gasteiger partial charge on any atom is -0.463 e. The lowest BCUT2D eigenvalue weighted by atomic mass is 9.82. The SMILES string of the molecule is CCOC(=O)C1=C(C)Nc2nc(SCc3ccc([N+](=O)[O-])cc3)[nH]c(=O)c2C1c1ccc([N+](=O)[O-])cc1. The molecule has 0 amide bonds. The van der Waals surface area contributed by atoms with Crippen LogP contribution in [0, 0.1) is 20.2 Å². The number of allylic oxidation sites excluding steroid dienone is 1. The molecule has 0 aliphatic carbocycles. The Morgan fingerprint density at radius 2 is 1.65 bits per heavy atom. The number of aromatic nitrogens is 2. The Morgan fingerprint density at radius 3 is 2.22 bits per heavy atom. The van der Waals surface area contributed by atoms with E-state index in [1.807, 2.05) is 0 Å². The molecule has 0 spiro atoms. The van der Waals surface area contributed by atoms with E-state index >= 15 is 0 Å². The Kier molecular flexibility index (Phi) is 7.34. The van der Waals surface area contributed by atoms with Gasteiger partial charge in [-0.05, 0) is 25.0 Å². The largest absolute Gasteiger partial charge is 0.463 e. The molecule has 1 aliphatic heterocycles. The van der Waals surface area contributed by atoms with Gasteiger partial charge < -0.3 is 15.0 Å². The number of nitrogens with zero attached hydrogens (tertiary/aromatic N) is 3. The van der Waals surface area contributed by atoms with Crippen molar-refractivity contribution >= 4 is 34.9 Å². The number of carbonyl (C=O) groups excluding carboxylic acids is 1. The summed E-state index contributed by atoms with van der Waals surface area (Å²) in [4.78, 5) is 54.4. The van der Waals surface area contributed by atoms with Gasteiger partial charge in [-0.3, -0.25) is 25.0 Å². The normalized spacial score (nSPS) is 14.5. The number of rotatable bonds is 8. The average molecular weight is 524 g/mol. The van der Waals surface area contributed by atoms with E-state index in [2.05, 4.69) is 15.3 Å². The summed E-state index contributed by atoms with van der Waals surface area (Å²) in [7, 11) is 0. The highest BCUT2D eigenvalue weighted by atomic mass is 32.2. The average Bonchev–Trinajstić information content (AvgIpc) is 2.87. The summed E-state index contributed by atoms with van der Waals surface area (Å²) in [6.07, 6.45) is 0.